The summed E-state index contributed by atoms with van der Waals surface area (Å²) in [6.07, 6.45) is 16.1. The summed E-state index contributed by atoms with van der Waals surface area (Å²) in [4.78, 5) is 11.2. The Bertz CT molecular complexity index is 466. The van der Waals surface area contributed by atoms with Gasteiger partial charge >= 0.3 is 5.97 Å². The van der Waals surface area contributed by atoms with E-state index in [4.69, 9.17) is 4.74 Å². The van der Waals surface area contributed by atoms with Crippen LogP contribution in [0.5, 0.6) is 0 Å². The summed E-state index contributed by atoms with van der Waals surface area (Å²) in [6.45, 7) is 10.2. The Morgan fingerprint density at radius 1 is 1.13 bits per heavy atom. The fraction of sp³-hybridized carbons (Fsp3) is 0.684. The minimum absolute atomic E-state index is 0.277. The minimum Gasteiger partial charge on any atom is -0.462 e. The first kappa shape index (κ1) is 19.5. The number of esters is 1. The maximum Gasteiger partial charge on any atom is 0.333 e. The first-order valence-electron chi connectivity index (χ1n) is 9.01. The summed E-state index contributed by atoms with van der Waals surface area (Å²) in [6, 6.07) is 0. The summed E-state index contributed by atoms with van der Waals surface area (Å²) < 4.78 is 9.63. The van der Waals surface area contributed by atoms with Gasteiger partial charge in [0.1, 0.15) is 12.4 Å². The van der Waals surface area contributed by atoms with Crippen molar-refractivity contribution in [2.24, 2.45) is 0 Å². The van der Waals surface area contributed by atoms with Gasteiger partial charge in [-0.3, -0.25) is 0 Å². The van der Waals surface area contributed by atoms with Crippen molar-refractivity contribution < 1.29 is 14.1 Å². The molecule has 0 saturated carbocycles. The molecule has 4 heteroatoms. The average Bonchev–Trinajstić information content (AvgIpc) is 2.98. The van der Waals surface area contributed by atoms with Crippen molar-refractivity contribution in [1.29, 1.82) is 0 Å². The van der Waals surface area contributed by atoms with Gasteiger partial charge in [-0.15, -0.1) is 0 Å². The first-order valence-corrected chi connectivity index (χ1v) is 9.01. The number of rotatable bonds is 13. The first-order chi connectivity index (χ1) is 11.1. The molecule has 0 saturated heterocycles. The van der Waals surface area contributed by atoms with E-state index in [1.807, 2.05) is 0 Å². The normalized spacial score (nSPS) is 10.7. The maximum atomic E-state index is 11.2. The standard InChI is InChI=1S/C19H33N2O2/c1-4-5-6-9-12-20-14-15-21(17-20)13-10-7-8-11-16-23-19(22)18(2)3/h14-15,17H,2,4-13,16H2,1,3H3/q+1. The fourth-order valence-corrected chi connectivity index (χ4v) is 2.46. The predicted molar refractivity (Wildman–Crippen MR) is 93.0 cm³/mol. The van der Waals surface area contributed by atoms with Gasteiger partial charge in [0, 0.05) is 5.57 Å². The van der Waals surface area contributed by atoms with Crippen LogP contribution < -0.4 is 4.57 Å². The molecule has 23 heavy (non-hydrogen) atoms. The molecular formula is C19H33N2O2+. The van der Waals surface area contributed by atoms with E-state index in [1.54, 1.807) is 6.92 Å². The number of aryl methyl sites for hydroxylation is 2. The van der Waals surface area contributed by atoms with Crippen molar-refractivity contribution >= 4 is 5.97 Å². The third-order valence-corrected chi connectivity index (χ3v) is 3.91. The SMILES string of the molecule is C=C(C)C(=O)OCCCCCC[n+]1ccn(CCCCCC)c1. The Hall–Kier alpha value is -1.58. The van der Waals surface area contributed by atoms with E-state index in [-0.39, 0.29) is 5.97 Å². The quantitative estimate of drug-likeness (QED) is 0.238. The molecule has 0 aliphatic rings. The third kappa shape index (κ3) is 9.22. The lowest BCUT2D eigenvalue weighted by Gasteiger charge is -2.03. The molecule has 1 rings (SSSR count). The van der Waals surface area contributed by atoms with E-state index >= 15 is 0 Å². The van der Waals surface area contributed by atoms with Gasteiger partial charge in [0.2, 0.25) is 6.33 Å². The van der Waals surface area contributed by atoms with Crippen LogP contribution in [0.1, 0.15) is 65.2 Å². The number of hydrogen-bond donors (Lipinski definition) is 0. The summed E-state index contributed by atoms with van der Waals surface area (Å²) in [5.74, 6) is -0.277. The van der Waals surface area contributed by atoms with E-state index in [0.29, 0.717) is 12.2 Å². The van der Waals surface area contributed by atoms with Crippen LogP contribution in [-0.4, -0.2) is 17.1 Å². The number of carbonyl (C=O) groups excluding carboxylic acids is 1. The Kier molecular flexibility index (Phi) is 10.1. The summed E-state index contributed by atoms with van der Waals surface area (Å²) in [7, 11) is 0. The second-order valence-electron chi connectivity index (χ2n) is 6.28. The highest BCUT2D eigenvalue weighted by Gasteiger charge is 2.04. The molecule has 0 aliphatic heterocycles. The molecule has 4 nitrogen and oxygen atoms in total. The van der Waals surface area contributed by atoms with Crippen molar-refractivity contribution in [3.63, 3.8) is 0 Å². The summed E-state index contributed by atoms with van der Waals surface area (Å²) in [5, 5.41) is 0. The molecule has 0 radical (unpaired) electrons. The number of imidazole rings is 1. The van der Waals surface area contributed by atoms with Crippen LogP contribution in [0.25, 0.3) is 0 Å². The molecule has 0 aromatic carbocycles. The van der Waals surface area contributed by atoms with E-state index in [2.05, 4.69) is 41.4 Å². The highest BCUT2D eigenvalue weighted by molar-refractivity contribution is 5.86. The van der Waals surface area contributed by atoms with Crippen LogP contribution in [0, 0.1) is 0 Å². The average molecular weight is 321 g/mol. The lowest BCUT2D eigenvalue weighted by Crippen LogP contribution is -2.30. The molecule has 0 fully saturated rings. The largest absolute Gasteiger partial charge is 0.462 e. The molecule has 0 atom stereocenters. The third-order valence-electron chi connectivity index (χ3n) is 3.91. The Balaban J connectivity index is 2.02. The molecule has 0 aliphatic carbocycles. The molecule has 0 unspecified atom stereocenters. The van der Waals surface area contributed by atoms with Gasteiger partial charge in [-0.05, 0) is 45.4 Å². The zero-order valence-electron chi connectivity index (χ0n) is 14.9. The number of hydrogen-bond acceptors (Lipinski definition) is 2. The molecule has 0 amide bonds. The number of ether oxygens (including phenoxy) is 1. The zero-order chi connectivity index (χ0) is 16.9. The zero-order valence-corrected chi connectivity index (χ0v) is 14.9. The Labute approximate surface area is 141 Å². The Morgan fingerprint density at radius 2 is 1.87 bits per heavy atom. The lowest BCUT2D eigenvalue weighted by atomic mass is 10.2. The van der Waals surface area contributed by atoms with Gasteiger partial charge in [0.05, 0.1) is 19.7 Å². The van der Waals surface area contributed by atoms with Crippen molar-refractivity contribution in [2.75, 3.05) is 6.61 Å². The number of nitrogens with zero attached hydrogens (tertiary/aromatic N) is 2. The van der Waals surface area contributed by atoms with Gasteiger partial charge in [0.15, 0.2) is 0 Å². The smallest absolute Gasteiger partial charge is 0.333 e. The molecule has 0 bridgehead atoms. The maximum absolute atomic E-state index is 11.2. The highest BCUT2D eigenvalue weighted by atomic mass is 16.5. The molecule has 0 spiro atoms. The summed E-state index contributed by atoms with van der Waals surface area (Å²) >= 11 is 0. The van der Waals surface area contributed by atoms with E-state index in [9.17, 15) is 4.79 Å². The molecular weight excluding hydrogens is 288 g/mol. The number of aromatic nitrogens is 2. The van der Waals surface area contributed by atoms with Crippen LogP contribution >= 0.6 is 0 Å². The van der Waals surface area contributed by atoms with Crippen molar-refractivity contribution in [3.05, 3.63) is 30.9 Å². The number of unbranched alkanes of at least 4 members (excludes halogenated alkanes) is 6. The minimum atomic E-state index is -0.277. The Morgan fingerprint density at radius 3 is 2.61 bits per heavy atom. The van der Waals surface area contributed by atoms with Crippen LogP contribution in [-0.2, 0) is 22.6 Å². The van der Waals surface area contributed by atoms with Gasteiger partial charge < -0.3 is 4.74 Å². The van der Waals surface area contributed by atoms with Crippen molar-refractivity contribution in [1.82, 2.24) is 4.57 Å². The lowest BCUT2D eigenvalue weighted by molar-refractivity contribution is -0.696. The molecule has 1 aromatic heterocycles. The second-order valence-corrected chi connectivity index (χ2v) is 6.28. The summed E-state index contributed by atoms with van der Waals surface area (Å²) in [5.41, 5.74) is 0.473. The van der Waals surface area contributed by atoms with Crippen LogP contribution in [0.2, 0.25) is 0 Å². The van der Waals surface area contributed by atoms with Crippen molar-refractivity contribution in [3.8, 4) is 0 Å². The van der Waals surface area contributed by atoms with Crippen LogP contribution in [0.3, 0.4) is 0 Å². The van der Waals surface area contributed by atoms with Crippen molar-refractivity contribution in [2.45, 2.75) is 78.3 Å². The van der Waals surface area contributed by atoms with Crippen LogP contribution in [0.15, 0.2) is 30.9 Å². The van der Waals surface area contributed by atoms with Gasteiger partial charge in [-0.2, -0.15) is 0 Å². The van der Waals surface area contributed by atoms with Gasteiger partial charge in [0.25, 0.3) is 0 Å². The molecule has 0 N–H and O–H groups in total. The molecule has 130 valence electrons. The fourth-order valence-electron chi connectivity index (χ4n) is 2.46. The molecule has 1 aromatic rings. The second kappa shape index (κ2) is 11.9. The highest BCUT2D eigenvalue weighted by Crippen LogP contribution is 2.03. The van der Waals surface area contributed by atoms with E-state index in [0.717, 1.165) is 25.9 Å². The van der Waals surface area contributed by atoms with E-state index < -0.39 is 0 Å². The van der Waals surface area contributed by atoms with Crippen LogP contribution in [0.4, 0.5) is 0 Å². The monoisotopic (exact) mass is 321 g/mol. The topological polar surface area (TPSA) is 35.1 Å². The molecule has 1 heterocycles. The van der Waals surface area contributed by atoms with E-state index in [1.165, 1.54) is 38.5 Å². The van der Waals surface area contributed by atoms with Gasteiger partial charge in [-0.1, -0.05) is 26.3 Å². The number of carbonyl (C=O) groups is 1. The predicted octanol–water partition coefficient (Wildman–Crippen LogP) is 4.04. The van der Waals surface area contributed by atoms with Gasteiger partial charge in [-0.25, -0.2) is 13.9 Å².